The highest BCUT2D eigenvalue weighted by Gasteiger charge is 2.12. The average molecular weight is 222 g/mol. The second kappa shape index (κ2) is 5.77. The third kappa shape index (κ3) is 2.90. The summed E-state index contributed by atoms with van der Waals surface area (Å²) in [6.45, 7) is 7.26. The molecule has 1 N–H and O–H groups in total. The van der Waals surface area contributed by atoms with Gasteiger partial charge in [-0.15, -0.1) is 0 Å². The second-order valence-electron chi connectivity index (χ2n) is 3.77. The molecule has 16 heavy (non-hydrogen) atoms. The Kier molecular flexibility index (Phi) is 4.07. The summed E-state index contributed by atoms with van der Waals surface area (Å²) in [5.74, 6) is 0.821. The number of rotatable bonds is 4. The highest BCUT2D eigenvalue weighted by atomic mass is 16.5. The second-order valence-corrected chi connectivity index (χ2v) is 3.77. The molecule has 0 unspecified atom stereocenters. The first-order chi connectivity index (χ1) is 7.90. The zero-order valence-corrected chi connectivity index (χ0v) is 9.65. The largest absolute Gasteiger partial charge is 0.377 e. The van der Waals surface area contributed by atoms with Gasteiger partial charge in [0, 0.05) is 50.7 Å². The number of ether oxygens (including phenoxy) is 1. The van der Waals surface area contributed by atoms with E-state index in [-0.39, 0.29) is 0 Å². The van der Waals surface area contributed by atoms with E-state index in [1.807, 2.05) is 19.3 Å². The molecule has 88 valence electrons. The van der Waals surface area contributed by atoms with Crippen molar-refractivity contribution in [3.63, 3.8) is 0 Å². The van der Waals surface area contributed by atoms with Crippen molar-refractivity contribution >= 4 is 5.95 Å². The first-order valence-corrected chi connectivity index (χ1v) is 5.74. The highest BCUT2D eigenvalue weighted by molar-refractivity contribution is 5.30. The Morgan fingerprint density at radius 1 is 1.31 bits per heavy atom. The van der Waals surface area contributed by atoms with Gasteiger partial charge in [0.15, 0.2) is 0 Å². The van der Waals surface area contributed by atoms with Gasteiger partial charge in [-0.2, -0.15) is 0 Å². The van der Waals surface area contributed by atoms with Crippen LogP contribution >= 0.6 is 0 Å². The third-order valence-electron chi connectivity index (χ3n) is 2.56. The van der Waals surface area contributed by atoms with Gasteiger partial charge in [-0.1, -0.05) is 0 Å². The zero-order valence-electron chi connectivity index (χ0n) is 9.65. The van der Waals surface area contributed by atoms with E-state index in [0.717, 1.165) is 44.3 Å². The topological polar surface area (TPSA) is 50.3 Å². The lowest BCUT2D eigenvalue weighted by atomic mass is 10.3. The van der Waals surface area contributed by atoms with E-state index >= 15 is 0 Å². The van der Waals surface area contributed by atoms with Gasteiger partial charge in [0.25, 0.3) is 0 Å². The van der Waals surface area contributed by atoms with Crippen LogP contribution in [0.2, 0.25) is 0 Å². The average Bonchev–Trinajstić information content (AvgIpc) is 2.38. The van der Waals surface area contributed by atoms with Crippen molar-refractivity contribution in [2.75, 3.05) is 37.7 Å². The number of aromatic nitrogens is 2. The molecule has 0 saturated carbocycles. The summed E-state index contributed by atoms with van der Waals surface area (Å²) in [5, 5.41) is 3.31. The standard InChI is InChI=1S/C11H18N4O/c1-2-16-9-10-7-13-11(14-8-10)15-5-3-12-4-6-15/h7-8,12H,2-6,9H2,1H3. The van der Waals surface area contributed by atoms with Gasteiger partial charge in [0.2, 0.25) is 5.95 Å². The molecule has 5 heteroatoms. The van der Waals surface area contributed by atoms with E-state index < -0.39 is 0 Å². The molecule has 0 spiro atoms. The first-order valence-electron chi connectivity index (χ1n) is 5.74. The van der Waals surface area contributed by atoms with Crippen LogP contribution in [-0.4, -0.2) is 42.8 Å². The zero-order chi connectivity index (χ0) is 11.2. The number of hydrogen-bond acceptors (Lipinski definition) is 5. The number of piperazine rings is 1. The molecule has 1 aliphatic rings. The molecule has 0 aliphatic carbocycles. The summed E-state index contributed by atoms with van der Waals surface area (Å²) in [6, 6.07) is 0. The van der Waals surface area contributed by atoms with Crippen LogP contribution in [0, 0.1) is 0 Å². The molecule has 2 rings (SSSR count). The number of nitrogens with zero attached hydrogens (tertiary/aromatic N) is 3. The lowest BCUT2D eigenvalue weighted by molar-refractivity contribution is 0.133. The fraction of sp³-hybridized carbons (Fsp3) is 0.636. The van der Waals surface area contributed by atoms with Crippen LogP contribution in [0.15, 0.2) is 12.4 Å². The molecule has 0 bridgehead atoms. The van der Waals surface area contributed by atoms with Gasteiger partial charge in [-0.3, -0.25) is 0 Å². The Balaban J connectivity index is 1.95. The fourth-order valence-electron chi connectivity index (χ4n) is 1.67. The van der Waals surface area contributed by atoms with E-state index in [4.69, 9.17) is 4.74 Å². The maximum absolute atomic E-state index is 5.30. The molecule has 2 heterocycles. The van der Waals surface area contributed by atoms with Crippen molar-refractivity contribution in [3.05, 3.63) is 18.0 Å². The molecule has 0 radical (unpaired) electrons. The Morgan fingerprint density at radius 2 is 2.00 bits per heavy atom. The summed E-state index contributed by atoms with van der Waals surface area (Å²) in [7, 11) is 0. The molecule has 0 amide bonds. The van der Waals surface area contributed by atoms with Crippen LogP contribution in [0.1, 0.15) is 12.5 Å². The van der Waals surface area contributed by atoms with Gasteiger partial charge in [-0.05, 0) is 6.92 Å². The minimum atomic E-state index is 0.596. The van der Waals surface area contributed by atoms with E-state index in [1.165, 1.54) is 0 Å². The summed E-state index contributed by atoms with van der Waals surface area (Å²) >= 11 is 0. The Hall–Kier alpha value is -1.20. The minimum Gasteiger partial charge on any atom is -0.377 e. The van der Waals surface area contributed by atoms with Crippen LogP contribution < -0.4 is 10.2 Å². The van der Waals surface area contributed by atoms with E-state index in [2.05, 4.69) is 20.2 Å². The normalized spacial score (nSPS) is 16.4. The van der Waals surface area contributed by atoms with Gasteiger partial charge >= 0.3 is 0 Å². The molecule has 5 nitrogen and oxygen atoms in total. The molecule has 1 fully saturated rings. The predicted molar refractivity (Wildman–Crippen MR) is 62.4 cm³/mol. The SMILES string of the molecule is CCOCc1cnc(N2CCNCC2)nc1. The maximum Gasteiger partial charge on any atom is 0.225 e. The molecule has 1 aromatic rings. The fourth-order valence-corrected chi connectivity index (χ4v) is 1.67. The Labute approximate surface area is 95.8 Å². The number of hydrogen-bond donors (Lipinski definition) is 1. The van der Waals surface area contributed by atoms with Crippen LogP contribution in [0.25, 0.3) is 0 Å². The van der Waals surface area contributed by atoms with Crippen molar-refractivity contribution in [1.82, 2.24) is 15.3 Å². The van der Waals surface area contributed by atoms with E-state index in [0.29, 0.717) is 6.61 Å². The van der Waals surface area contributed by atoms with Gasteiger partial charge in [0.1, 0.15) is 0 Å². The molecule has 0 aromatic carbocycles. The van der Waals surface area contributed by atoms with E-state index in [9.17, 15) is 0 Å². The molecular formula is C11H18N4O. The van der Waals surface area contributed by atoms with Crippen LogP contribution in [0.5, 0.6) is 0 Å². The number of anilines is 1. The first kappa shape index (κ1) is 11.3. The van der Waals surface area contributed by atoms with Crippen molar-refractivity contribution in [2.24, 2.45) is 0 Å². The van der Waals surface area contributed by atoms with Crippen molar-refractivity contribution < 1.29 is 4.74 Å². The quantitative estimate of drug-likeness (QED) is 0.800. The Bertz CT molecular complexity index is 308. The minimum absolute atomic E-state index is 0.596. The third-order valence-corrected chi connectivity index (χ3v) is 2.56. The lowest BCUT2D eigenvalue weighted by Gasteiger charge is -2.27. The van der Waals surface area contributed by atoms with Crippen molar-refractivity contribution in [1.29, 1.82) is 0 Å². The summed E-state index contributed by atoms with van der Waals surface area (Å²) in [5.41, 5.74) is 1.03. The lowest BCUT2D eigenvalue weighted by Crippen LogP contribution is -2.44. The predicted octanol–water partition coefficient (Wildman–Crippen LogP) is 0.423. The van der Waals surface area contributed by atoms with Gasteiger partial charge in [-0.25, -0.2) is 9.97 Å². The molecular weight excluding hydrogens is 204 g/mol. The molecule has 1 aromatic heterocycles. The summed E-state index contributed by atoms with van der Waals surface area (Å²) in [6.07, 6.45) is 3.69. The van der Waals surface area contributed by atoms with Crippen LogP contribution in [0.3, 0.4) is 0 Å². The Morgan fingerprint density at radius 3 is 2.62 bits per heavy atom. The maximum atomic E-state index is 5.30. The molecule has 1 saturated heterocycles. The highest BCUT2D eigenvalue weighted by Crippen LogP contribution is 2.08. The van der Waals surface area contributed by atoms with Crippen molar-refractivity contribution in [2.45, 2.75) is 13.5 Å². The number of nitrogens with one attached hydrogen (secondary N) is 1. The van der Waals surface area contributed by atoms with Gasteiger partial charge in [0.05, 0.1) is 6.61 Å². The monoisotopic (exact) mass is 222 g/mol. The summed E-state index contributed by atoms with van der Waals surface area (Å²) < 4.78 is 5.30. The van der Waals surface area contributed by atoms with Crippen molar-refractivity contribution in [3.8, 4) is 0 Å². The molecule has 1 aliphatic heterocycles. The van der Waals surface area contributed by atoms with Crippen LogP contribution in [-0.2, 0) is 11.3 Å². The van der Waals surface area contributed by atoms with Gasteiger partial charge < -0.3 is 15.0 Å². The van der Waals surface area contributed by atoms with Crippen LogP contribution in [0.4, 0.5) is 5.95 Å². The summed E-state index contributed by atoms with van der Waals surface area (Å²) in [4.78, 5) is 10.9. The molecule has 0 atom stereocenters. The smallest absolute Gasteiger partial charge is 0.225 e. The van der Waals surface area contributed by atoms with E-state index in [1.54, 1.807) is 0 Å².